The first-order chi connectivity index (χ1) is 9.29. The van der Waals surface area contributed by atoms with Crippen molar-refractivity contribution in [2.45, 2.75) is 20.1 Å². The Kier molecular flexibility index (Phi) is 4.63. The van der Waals surface area contributed by atoms with E-state index in [0.29, 0.717) is 12.4 Å². The molecular weight excluding hydrogens is 248 g/mol. The number of aromatic nitrogens is 2. The van der Waals surface area contributed by atoms with Crippen LogP contribution in [-0.4, -0.2) is 22.7 Å². The molecule has 0 aliphatic carbocycles. The van der Waals surface area contributed by atoms with Crippen molar-refractivity contribution < 1.29 is 18.8 Å². The van der Waals surface area contributed by atoms with E-state index in [1.807, 2.05) is 30.3 Å². The second-order valence-electron chi connectivity index (χ2n) is 3.71. The summed E-state index contributed by atoms with van der Waals surface area (Å²) in [5.41, 5.74) is 1.05. The smallest absolute Gasteiger partial charge is 0.397 e. The summed E-state index contributed by atoms with van der Waals surface area (Å²) in [4.78, 5) is 15.2. The molecule has 2 rings (SSSR count). The van der Waals surface area contributed by atoms with Gasteiger partial charge in [0.25, 0.3) is 0 Å². The second kappa shape index (κ2) is 6.65. The van der Waals surface area contributed by atoms with Crippen LogP contribution in [0.5, 0.6) is 0 Å². The van der Waals surface area contributed by atoms with Gasteiger partial charge in [-0.3, -0.25) is 0 Å². The fraction of sp³-hybridized carbons (Fsp3) is 0.308. The summed E-state index contributed by atoms with van der Waals surface area (Å²) >= 11 is 0. The molecule has 1 aromatic heterocycles. The Balaban J connectivity index is 1.82. The summed E-state index contributed by atoms with van der Waals surface area (Å²) in [6, 6.07) is 9.73. The molecule has 0 aliphatic rings. The fourth-order valence-corrected chi connectivity index (χ4v) is 1.42. The lowest BCUT2D eigenvalue weighted by atomic mass is 10.2. The van der Waals surface area contributed by atoms with Gasteiger partial charge in [-0.15, -0.1) is 0 Å². The summed E-state index contributed by atoms with van der Waals surface area (Å²) in [6.07, 6.45) is 0. The molecule has 0 aliphatic heterocycles. The van der Waals surface area contributed by atoms with E-state index >= 15 is 0 Å². The first-order valence-electron chi connectivity index (χ1n) is 5.91. The van der Waals surface area contributed by atoms with Crippen molar-refractivity contribution in [1.82, 2.24) is 10.1 Å². The summed E-state index contributed by atoms with van der Waals surface area (Å²) in [5.74, 6) is -0.455. The Morgan fingerprint density at radius 1 is 1.26 bits per heavy atom. The predicted octanol–water partition coefficient (Wildman–Crippen LogP) is 1.96. The predicted molar refractivity (Wildman–Crippen MR) is 65.2 cm³/mol. The van der Waals surface area contributed by atoms with Crippen LogP contribution < -0.4 is 0 Å². The van der Waals surface area contributed by atoms with Crippen molar-refractivity contribution in [2.75, 3.05) is 6.61 Å². The van der Waals surface area contributed by atoms with Crippen LogP contribution >= 0.6 is 0 Å². The van der Waals surface area contributed by atoms with Crippen LogP contribution in [0.1, 0.15) is 29.0 Å². The van der Waals surface area contributed by atoms with Crippen LogP contribution in [0.2, 0.25) is 0 Å². The third-order valence-corrected chi connectivity index (χ3v) is 2.26. The van der Waals surface area contributed by atoms with E-state index in [9.17, 15) is 4.79 Å². The Hall–Kier alpha value is -2.21. The zero-order valence-corrected chi connectivity index (χ0v) is 10.5. The number of ether oxygens (including phenoxy) is 2. The van der Waals surface area contributed by atoms with E-state index < -0.39 is 5.97 Å². The molecule has 2 aromatic rings. The molecule has 19 heavy (non-hydrogen) atoms. The van der Waals surface area contributed by atoms with E-state index in [2.05, 4.69) is 10.1 Å². The summed E-state index contributed by atoms with van der Waals surface area (Å²) in [5, 5.41) is 3.64. The van der Waals surface area contributed by atoms with Gasteiger partial charge in [-0.05, 0) is 12.5 Å². The topological polar surface area (TPSA) is 74.5 Å². The minimum Gasteiger partial charge on any atom is -0.459 e. The van der Waals surface area contributed by atoms with Crippen molar-refractivity contribution in [3.8, 4) is 0 Å². The van der Waals surface area contributed by atoms with E-state index in [4.69, 9.17) is 14.0 Å². The molecule has 0 amide bonds. The number of carbonyl (C=O) groups is 1. The van der Waals surface area contributed by atoms with Crippen LogP contribution in [0.4, 0.5) is 0 Å². The lowest BCUT2D eigenvalue weighted by molar-refractivity contribution is 0.0470. The van der Waals surface area contributed by atoms with Crippen LogP contribution in [0.15, 0.2) is 34.9 Å². The molecule has 0 unspecified atom stereocenters. The van der Waals surface area contributed by atoms with E-state index in [-0.39, 0.29) is 19.1 Å². The summed E-state index contributed by atoms with van der Waals surface area (Å²) in [7, 11) is 0. The largest absolute Gasteiger partial charge is 0.459 e. The number of hydrogen-bond acceptors (Lipinski definition) is 6. The van der Waals surface area contributed by atoms with E-state index in [1.165, 1.54) is 0 Å². The van der Waals surface area contributed by atoms with Gasteiger partial charge in [-0.1, -0.05) is 35.5 Å². The number of benzene rings is 1. The Bertz CT molecular complexity index is 524. The summed E-state index contributed by atoms with van der Waals surface area (Å²) in [6.45, 7) is 2.60. The van der Waals surface area contributed by atoms with Crippen LogP contribution in [-0.2, 0) is 22.7 Å². The van der Waals surface area contributed by atoms with Gasteiger partial charge < -0.3 is 14.0 Å². The molecule has 0 atom stereocenters. The lowest BCUT2D eigenvalue weighted by Gasteiger charge is -2.00. The van der Waals surface area contributed by atoms with Crippen molar-refractivity contribution in [3.63, 3.8) is 0 Å². The minimum atomic E-state index is -0.621. The maximum Gasteiger partial charge on any atom is 0.397 e. The fourth-order valence-electron chi connectivity index (χ4n) is 1.42. The number of rotatable bonds is 6. The number of esters is 1. The molecule has 0 N–H and O–H groups in total. The molecule has 6 heteroatoms. The minimum absolute atomic E-state index is 0.153. The van der Waals surface area contributed by atoms with Crippen LogP contribution in [0, 0.1) is 0 Å². The molecule has 100 valence electrons. The van der Waals surface area contributed by atoms with Gasteiger partial charge in [0.05, 0.1) is 13.2 Å². The zero-order chi connectivity index (χ0) is 13.5. The molecule has 6 nitrogen and oxygen atoms in total. The maximum absolute atomic E-state index is 11.3. The van der Waals surface area contributed by atoms with Gasteiger partial charge in [-0.2, -0.15) is 4.98 Å². The molecule has 1 heterocycles. The normalized spacial score (nSPS) is 10.4. The maximum atomic E-state index is 11.3. The zero-order valence-electron chi connectivity index (χ0n) is 10.5. The SMILES string of the molecule is CCOC(=O)c1nc(COCc2ccccc2)no1. The van der Waals surface area contributed by atoms with Gasteiger partial charge in [0.15, 0.2) is 5.82 Å². The Labute approximate surface area is 110 Å². The van der Waals surface area contributed by atoms with Gasteiger partial charge in [0, 0.05) is 0 Å². The van der Waals surface area contributed by atoms with Gasteiger partial charge >= 0.3 is 11.9 Å². The highest BCUT2D eigenvalue weighted by Crippen LogP contribution is 2.05. The lowest BCUT2D eigenvalue weighted by Crippen LogP contribution is -2.05. The molecule has 0 saturated heterocycles. The van der Waals surface area contributed by atoms with Crippen molar-refractivity contribution >= 4 is 5.97 Å². The number of carbonyl (C=O) groups excluding carboxylic acids is 1. The first-order valence-corrected chi connectivity index (χ1v) is 5.91. The van der Waals surface area contributed by atoms with Crippen molar-refractivity contribution in [2.24, 2.45) is 0 Å². The highest BCUT2D eigenvalue weighted by molar-refractivity contribution is 5.83. The quantitative estimate of drug-likeness (QED) is 0.741. The average Bonchev–Trinajstić information content (AvgIpc) is 2.89. The van der Waals surface area contributed by atoms with Gasteiger partial charge in [-0.25, -0.2) is 4.79 Å². The number of hydrogen-bond donors (Lipinski definition) is 0. The third kappa shape index (κ3) is 3.89. The highest BCUT2D eigenvalue weighted by Gasteiger charge is 2.15. The molecule has 0 spiro atoms. The van der Waals surface area contributed by atoms with Gasteiger partial charge in [0.2, 0.25) is 0 Å². The molecule has 0 saturated carbocycles. The van der Waals surface area contributed by atoms with Crippen LogP contribution in [0.3, 0.4) is 0 Å². The molecule has 1 aromatic carbocycles. The van der Waals surface area contributed by atoms with E-state index in [0.717, 1.165) is 5.56 Å². The van der Waals surface area contributed by atoms with Gasteiger partial charge in [0.1, 0.15) is 6.61 Å². The molecule has 0 radical (unpaired) electrons. The van der Waals surface area contributed by atoms with Crippen molar-refractivity contribution in [1.29, 1.82) is 0 Å². The average molecular weight is 262 g/mol. The number of nitrogens with zero attached hydrogens (tertiary/aromatic N) is 2. The van der Waals surface area contributed by atoms with Crippen LogP contribution in [0.25, 0.3) is 0 Å². The van der Waals surface area contributed by atoms with E-state index in [1.54, 1.807) is 6.92 Å². The van der Waals surface area contributed by atoms with Crippen molar-refractivity contribution in [3.05, 3.63) is 47.6 Å². The Morgan fingerprint density at radius 2 is 2.05 bits per heavy atom. The molecule has 0 bridgehead atoms. The first kappa shape index (κ1) is 13.2. The highest BCUT2D eigenvalue weighted by atomic mass is 16.6. The Morgan fingerprint density at radius 3 is 2.79 bits per heavy atom. The monoisotopic (exact) mass is 262 g/mol. The third-order valence-electron chi connectivity index (χ3n) is 2.26. The standard InChI is InChI=1S/C13H14N2O4/c1-2-18-13(16)12-14-11(15-19-12)9-17-8-10-6-4-3-5-7-10/h3-7H,2,8-9H2,1H3. The second-order valence-corrected chi connectivity index (χ2v) is 3.71. The molecular formula is C13H14N2O4. The molecule has 0 fully saturated rings. The summed E-state index contributed by atoms with van der Waals surface area (Å²) < 4.78 is 14.9.